The van der Waals surface area contributed by atoms with Crippen LogP contribution in [0.3, 0.4) is 0 Å². The number of H-pyrrole nitrogens is 1. The number of ether oxygens (including phenoxy) is 2. The maximum atomic E-state index is 13.2. The highest BCUT2D eigenvalue weighted by Gasteiger charge is 2.26. The molecule has 2 aromatic carbocycles. The van der Waals surface area contributed by atoms with Crippen LogP contribution in [0.5, 0.6) is 11.5 Å². The standard InChI is InChI=1S/C32H40N4O5.2ClH/c1-21-18-36(14-11-28(21)37)16-15-35-12-9-23(10-13-35)33-32(38)27-17-25-26(34-27)6-4-7-29(25)40-19-22-20-41-31-24(22)5-3-8-30(31)39-2;;/h3-8,17,20-21,23,28,34,37H,9-16,18-19H2,1-2H3,(H,33,38);2*1H/t21-,28-;;/m0../s1. The number of aliphatic hydroxyl groups excluding tert-OH is 1. The molecule has 43 heavy (non-hydrogen) atoms. The van der Waals surface area contributed by atoms with Gasteiger partial charge in [0.2, 0.25) is 0 Å². The van der Waals surface area contributed by atoms with Crippen LogP contribution in [0.2, 0.25) is 0 Å². The van der Waals surface area contributed by atoms with Gasteiger partial charge in [-0.1, -0.05) is 25.1 Å². The molecule has 1 amide bonds. The van der Waals surface area contributed by atoms with Gasteiger partial charge in [0.05, 0.1) is 19.5 Å². The van der Waals surface area contributed by atoms with Gasteiger partial charge < -0.3 is 39.1 Å². The fraction of sp³-hybridized carbons (Fsp3) is 0.469. The summed E-state index contributed by atoms with van der Waals surface area (Å²) in [6.07, 6.45) is 4.30. The highest BCUT2D eigenvalue weighted by atomic mass is 35.5. The van der Waals surface area contributed by atoms with Crippen LogP contribution in [0.4, 0.5) is 0 Å². The summed E-state index contributed by atoms with van der Waals surface area (Å²) in [4.78, 5) is 21.4. The molecule has 2 aliphatic rings. The van der Waals surface area contributed by atoms with Crippen LogP contribution in [0.25, 0.3) is 21.9 Å². The van der Waals surface area contributed by atoms with Crippen LogP contribution < -0.4 is 14.8 Å². The van der Waals surface area contributed by atoms with Crippen molar-refractivity contribution < 1.29 is 23.8 Å². The Morgan fingerprint density at radius 1 is 1.02 bits per heavy atom. The van der Waals surface area contributed by atoms with Crippen LogP contribution in [0.15, 0.2) is 53.1 Å². The molecule has 4 aromatic rings. The summed E-state index contributed by atoms with van der Waals surface area (Å²) in [5.41, 5.74) is 3.04. The van der Waals surface area contributed by atoms with Gasteiger partial charge in [-0.05, 0) is 49.4 Å². The molecule has 2 atom stereocenters. The summed E-state index contributed by atoms with van der Waals surface area (Å²) in [7, 11) is 1.63. The predicted molar refractivity (Wildman–Crippen MR) is 173 cm³/mol. The largest absolute Gasteiger partial charge is 0.493 e. The minimum absolute atomic E-state index is 0. The Hall–Kier alpha value is -2.95. The van der Waals surface area contributed by atoms with E-state index in [-0.39, 0.29) is 42.9 Å². The first kappa shape index (κ1) is 33.0. The van der Waals surface area contributed by atoms with Crippen molar-refractivity contribution in [2.75, 3.05) is 46.4 Å². The van der Waals surface area contributed by atoms with Gasteiger partial charge in [-0.2, -0.15) is 0 Å². The van der Waals surface area contributed by atoms with Crippen molar-refractivity contribution in [1.29, 1.82) is 0 Å². The molecule has 2 saturated heterocycles. The minimum Gasteiger partial charge on any atom is -0.493 e. The number of hydrogen-bond acceptors (Lipinski definition) is 7. The van der Waals surface area contributed by atoms with Crippen molar-refractivity contribution in [2.45, 2.75) is 44.9 Å². The van der Waals surface area contributed by atoms with Crippen LogP contribution >= 0.6 is 24.8 Å². The van der Waals surface area contributed by atoms with E-state index in [1.165, 1.54) is 0 Å². The zero-order valence-electron chi connectivity index (χ0n) is 24.7. The average Bonchev–Trinajstić information content (AvgIpc) is 3.62. The van der Waals surface area contributed by atoms with Gasteiger partial charge in [-0.25, -0.2) is 0 Å². The number of fused-ring (bicyclic) bond motifs is 2. The first-order chi connectivity index (χ1) is 20.0. The number of carbonyl (C=O) groups excluding carboxylic acids is 1. The molecular formula is C32H42Cl2N4O5. The summed E-state index contributed by atoms with van der Waals surface area (Å²) in [6, 6.07) is 13.6. The lowest BCUT2D eigenvalue weighted by Gasteiger charge is -2.37. The lowest BCUT2D eigenvalue weighted by molar-refractivity contribution is 0.0301. The number of carbonyl (C=O) groups is 1. The predicted octanol–water partition coefficient (Wildman–Crippen LogP) is 5.24. The van der Waals surface area contributed by atoms with Crippen molar-refractivity contribution in [3.05, 3.63) is 60.0 Å². The van der Waals surface area contributed by atoms with Gasteiger partial charge in [0.15, 0.2) is 11.3 Å². The second-order valence-electron chi connectivity index (χ2n) is 11.5. The van der Waals surface area contributed by atoms with Gasteiger partial charge in [0, 0.05) is 67.2 Å². The molecule has 6 rings (SSSR count). The SMILES string of the molecule is COc1cccc2c(COc3cccc4[nH]c(C(=O)NC5CCN(CCN6CC[C@H](O)[C@@H](C)C6)CC5)cc34)coc12.Cl.Cl. The van der Waals surface area contributed by atoms with Crippen LogP contribution in [0.1, 0.15) is 42.2 Å². The lowest BCUT2D eigenvalue weighted by atomic mass is 9.97. The number of benzene rings is 2. The number of furan rings is 1. The second kappa shape index (κ2) is 14.7. The Balaban J connectivity index is 0.00000212. The monoisotopic (exact) mass is 632 g/mol. The number of nitrogens with one attached hydrogen (secondary N) is 2. The van der Waals surface area contributed by atoms with Gasteiger partial charge in [-0.3, -0.25) is 4.79 Å². The highest BCUT2D eigenvalue weighted by Crippen LogP contribution is 2.32. The Bertz CT molecular complexity index is 1500. The summed E-state index contributed by atoms with van der Waals surface area (Å²) >= 11 is 0. The number of likely N-dealkylation sites (tertiary alicyclic amines) is 2. The molecular weight excluding hydrogens is 591 g/mol. The van der Waals surface area contributed by atoms with Gasteiger partial charge in [0.25, 0.3) is 5.91 Å². The van der Waals surface area contributed by atoms with Crippen molar-refractivity contribution in [1.82, 2.24) is 20.1 Å². The normalized spacial score (nSPS) is 20.0. The fourth-order valence-corrected chi connectivity index (χ4v) is 6.16. The third kappa shape index (κ3) is 7.41. The molecule has 9 nitrogen and oxygen atoms in total. The second-order valence-corrected chi connectivity index (χ2v) is 11.5. The maximum Gasteiger partial charge on any atom is 0.267 e. The number of para-hydroxylation sites is 1. The lowest BCUT2D eigenvalue weighted by Crippen LogP contribution is -2.48. The number of halogens is 2. The zero-order chi connectivity index (χ0) is 28.3. The molecule has 2 aliphatic heterocycles. The van der Waals surface area contributed by atoms with E-state index in [4.69, 9.17) is 13.9 Å². The summed E-state index contributed by atoms with van der Waals surface area (Å²) < 4.78 is 17.3. The van der Waals surface area contributed by atoms with Crippen LogP contribution in [-0.2, 0) is 6.61 Å². The average molecular weight is 634 g/mol. The number of piperidine rings is 2. The Morgan fingerprint density at radius 3 is 2.51 bits per heavy atom. The first-order valence-electron chi connectivity index (χ1n) is 14.7. The van der Waals surface area contributed by atoms with E-state index < -0.39 is 0 Å². The molecule has 0 spiro atoms. The van der Waals surface area contributed by atoms with E-state index in [0.29, 0.717) is 35.3 Å². The van der Waals surface area contributed by atoms with Gasteiger partial charge >= 0.3 is 0 Å². The van der Waals surface area contributed by atoms with E-state index >= 15 is 0 Å². The molecule has 11 heteroatoms. The number of aromatic amines is 1. The number of amides is 1. The first-order valence-corrected chi connectivity index (χ1v) is 14.7. The van der Waals surface area contributed by atoms with Gasteiger partial charge in [-0.15, -0.1) is 24.8 Å². The van der Waals surface area contributed by atoms with Crippen molar-refractivity contribution in [3.8, 4) is 11.5 Å². The van der Waals surface area contributed by atoms with E-state index in [1.54, 1.807) is 13.4 Å². The topological polar surface area (TPSA) is 103 Å². The minimum atomic E-state index is -0.157. The number of hydrogen-bond donors (Lipinski definition) is 3. The Morgan fingerprint density at radius 2 is 1.74 bits per heavy atom. The summed E-state index contributed by atoms with van der Waals surface area (Å²) in [6.45, 7) is 8.46. The number of aliphatic hydroxyl groups is 1. The quantitative estimate of drug-likeness (QED) is 0.232. The van der Waals surface area contributed by atoms with Gasteiger partial charge in [0.1, 0.15) is 18.1 Å². The number of rotatable bonds is 9. The molecule has 4 heterocycles. The molecule has 2 fully saturated rings. The van der Waals surface area contributed by atoms with E-state index in [9.17, 15) is 9.90 Å². The van der Waals surface area contributed by atoms with Crippen LogP contribution in [0, 0.1) is 5.92 Å². The highest BCUT2D eigenvalue weighted by molar-refractivity contribution is 5.99. The number of methoxy groups -OCH3 is 1. The zero-order valence-corrected chi connectivity index (χ0v) is 26.3. The molecule has 0 saturated carbocycles. The third-order valence-corrected chi connectivity index (χ3v) is 8.72. The smallest absolute Gasteiger partial charge is 0.267 e. The summed E-state index contributed by atoms with van der Waals surface area (Å²) in [5.74, 6) is 1.66. The molecule has 3 N–H and O–H groups in total. The molecule has 0 aliphatic carbocycles. The molecule has 0 unspecified atom stereocenters. The summed E-state index contributed by atoms with van der Waals surface area (Å²) in [5, 5.41) is 15.0. The van der Waals surface area contributed by atoms with E-state index in [0.717, 1.165) is 80.4 Å². The molecule has 234 valence electrons. The fourth-order valence-electron chi connectivity index (χ4n) is 6.16. The van der Waals surface area contributed by atoms with E-state index in [1.807, 2.05) is 42.5 Å². The Labute approximate surface area is 264 Å². The number of aromatic nitrogens is 1. The van der Waals surface area contributed by atoms with Crippen molar-refractivity contribution >= 4 is 52.6 Å². The third-order valence-electron chi connectivity index (χ3n) is 8.72. The van der Waals surface area contributed by atoms with E-state index in [2.05, 4.69) is 27.0 Å². The Kier molecular flexibility index (Phi) is 11.3. The van der Waals surface area contributed by atoms with Crippen LogP contribution in [-0.4, -0.2) is 84.3 Å². The molecule has 0 radical (unpaired) electrons. The molecule has 2 aromatic heterocycles. The van der Waals surface area contributed by atoms with Crippen molar-refractivity contribution in [2.24, 2.45) is 5.92 Å². The molecule has 0 bridgehead atoms. The number of nitrogens with zero attached hydrogens (tertiary/aromatic N) is 2. The van der Waals surface area contributed by atoms with Crippen molar-refractivity contribution in [3.63, 3.8) is 0 Å². The maximum absolute atomic E-state index is 13.2.